The average molecular weight is 238 g/mol. The van der Waals surface area contributed by atoms with Gasteiger partial charge in [-0.3, -0.25) is 0 Å². The molecule has 1 saturated heterocycles. The van der Waals surface area contributed by atoms with E-state index >= 15 is 0 Å². The van der Waals surface area contributed by atoms with Gasteiger partial charge < -0.3 is 21.2 Å². The minimum atomic E-state index is 0.0786. The van der Waals surface area contributed by atoms with E-state index in [4.69, 9.17) is 11.6 Å². The highest BCUT2D eigenvalue weighted by Gasteiger charge is 2.31. The average Bonchev–Trinajstić information content (AvgIpc) is 2.69. The summed E-state index contributed by atoms with van der Waals surface area (Å²) in [6.07, 6.45) is 1.03. The van der Waals surface area contributed by atoms with Gasteiger partial charge in [-0.15, -0.1) is 0 Å². The predicted octanol–water partition coefficient (Wildman–Crippen LogP) is -0.448. The van der Waals surface area contributed by atoms with Gasteiger partial charge in [-0.1, -0.05) is 6.92 Å². The van der Waals surface area contributed by atoms with Gasteiger partial charge in [-0.2, -0.15) is 9.97 Å². The van der Waals surface area contributed by atoms with Crippen LogP contribution in [0, 0.1) is 5.92 Å². The SMILES string of the molecule is CC1CCN(c2cc(NN)nc(N)n2)C1CO. The Kier molecular flexibility index (Phi) is 3.30. The maximum Gasteiger partial charge on any atom is 0.223 e. The second-order valence-electron chi connectivity index (χ2n) is 4.32. The highest BCUT2D eigenvalue weighted by molar-refractivity contribution is 5.53. The number of nitrogens with zero attached hydrogens (tertiary/aromatic N) is 3. The van der Waals surface area contributed by atoms with E-state index < -0.39 is 0 Å². The van der Waals surface area contributed by atoms with Crippen LogP contribution >= 0.6 is 0 Å². The van der Waals surface area contributed by atoms with E-state index in [1.54, 1.807) is 6.07 Å². The van der Waals surface area contributed by atoms with Crippen molar-refractivity contribution >= 4 is 17.6 Å². The van der Waals surface area contributed by atoms with Crippen molar-refractivity contribution in [2.45, 2.75) is 19.4 Å². The Balaban J connectivity index is 2.30. The number of hydrogen-bond donors (Lipinski definition) is 4. The maximum atomic E-state index is 9.41. The van der Waals surface area contributed by atoms with Crippen LogP contribution in [0.25, 0.3) is 0 Å². The quantitative estimate of drug-likeness (QED) is 0.416. The zero-order valence-electron chi connectivity index (χ0n) is 9.80. The molecule has 0 aliphatic carbocycles. The van der Waals surface area contributed by atoms with Crippen LogP contribution in [-0.4, -0.2) is 34.3 Å². The third-order valence-electron chi connectivity index (χ3n) is 3.24. The molecule has 0 amide bonds. The van der Waals surface area contributed by atoms with Crippen LogP contribution in [0.4, 0.5) is 17.6 Å². The molecule has 0 aromatic carbocycles. The summed E-state index contributed by atoms with van der Waals surface area (Å²) in [5.41, 5.74) is 8.07. The van der Waals surface area contributed by atoms with Crippen LogP contribution in [0.3, 0.4) is 0 Å². The molecule has 1 aromatic heterocycles. The molecular formula is C10H18N6O. The van der Waals surface area contributed by atoms with Gasteiger partial charge in [0.2, 0.25) is 5.95 Å². The van der Waals surface area contributed by atoms with E-state index in [-0.39, 0.29) is 18.6 Å². The van der Waals surface area contributed by atoms with Crippen LogP contribution in [0.1, 0.15) is 13.3 Å². The zero-order valence-corrected chi connectivity index (χ0v) is 9.80. The van der Waals surface area contributed by atoms with E-state index in [0.29, 0.717) is 17.6 Å². The van der Waals surface area contributed by atoms with Gasteiger partial charge in [0.1, 0.15) is 11.6 Å². The van der Waals surface area contributed by atoms with Gasteiger partial charge in [0, 0.05) is 12.6 Å². The molecule has 1 aliphatic heterocycles. The first-order valence-electron chi connectivity index (χ1n) is 5.64. The highest BCUT2D eigenvalue weighted by atomic mass is 16.3. The first-order chi connectivity index (χ1) is 8.15. The summed E-state index contributed by atoms with van der Waals surface area (Å²) in [6.45, 7) is 3.08. The zero-order chi connectivity index (χ0) is 12.4. The van der Waals surface area contributed by atoms with E-state index in [9.17, 15) is 5.11 Å². The van der Waals surface area contributed by atoms with E-state index in [2.05, 4.69) is 22.3 Å². The van der Waals surface area contributed by atoms with E-state index in [0.717, 1.165) is 13.0 Å². The minimum Gasteiger partial charge on any atom is -0.394 e. The van der Waals surface area contributed by atoms with Crippen molar-refractivity contribution in [3.63, 3.8) is 0 Å². The van der Waals surface area contributed by atoms with Crippen molar-refractivity contribution in [3.8, 4) is 0 Å². The molecule has 0 radical (unpaired) electrons. The number of rotatable bonds is 3. The van der Waals surface area contributed by atoms with Crippen molar-refractivity contribution in [1.29, 1.82) is 0 Å². The lowest BCUT2D eigenvalue weighted by molar-refractivity contribution is 0.244. The Morgan fingerprint density at radius 2 is 2.35 bits per heavy atom. The maximum absolute atomic E-state index is 9.41. The summed E-state index contributed by atoms with van der Waals surface area (Å²) in [6, 6.07) is 1.81. The first kappa shape index (κ1) is 11.9. The molecule has 2 unspecified atom stereocenters. The lowest BCUT2D eigenvalue weighted by Crippen LogP contribution is -2.36. The van der Waals surface area contributed by atoms with E-state index in [1.807, 2.05) is 4.90 Å². The molecule has 2 heterocycles. The van der Waals surface area contributed by atoms with Crippen LogP contribution in [0.5, 0.6) is 0 Å². The number of nitrogens with two attached hydrogens (primary N) is 2. The Hall–Kier alpha value is -1.60. The minimum absolute atomic E-state index is 0.0786. The molecule has 7 heteroatoms. The van der Waals surface area contributed by atoms with Crippen LogP contribution in [0.2, 0.25) is 0 Å². The Labute approximate surface area is 99.8 Å². The van der Waals surface area contributed by atoms with Gasteiger partial charge in [0.15, 0.2) is 0 Å². The smallest absolute Gasteiger partial charge is 0.223 e. The molecule has 0 spiro atoms. The van der Waals surface area contributed by atoms with Crippen LogP contribution in [-0.2, 0) is 0 Å². The Morgan fingerprint density at radius 3 is 3.00 bits per heavy atom. The van der Waals surface area contributed by atoms with Crippen molar-refractivity contribution in [2.24, 2.45) is 11.8 Å². The fourth-order valence-corrected chi connectivity index (χ4v) is 2.24. The third kappa shape index (κ3) is 2.25. The van der Waals surface area contributed by atoms with Gasteiger partial charge in [0.25, 0.3) is 0 Å². The molecule has 94 valence electrons. The van der Waals surface area contributed by atoms with Gasteiger partial charge in [0.05, 0.1) is 12.6 Å². The molecule has 0 saturated carbocycles. The topological polar surface area (TPSA) is 113 Å². The van der Waals surface area contributed by atoms with Crippen molar-refractivity contribution < 1.29 is 5.11 Å². The molecule has 2 atom stereocenters. The molecule has 1 fully saturated rings. The molecule has 0 bridgehead atoms. The monoisotopic (exact) mass is 238 g/mol. The molecule has 2 rings (SSSR count). The summed E-state index contributed by atoms with van der Waals surface area (Å²) in [7, 11) is 0. The third-order valence-corrected chi connectivity index (χ3v) is 3.24. The van der Waals surface area contributed by atoms with Crippen LogP contribution in [0.15, 0.2) is 6.07 Å². The number of hydrogen-bond acceptors (Lipinski definition) is 7. The van der Waals surface area contributed by atoms with E-state index in [1.165, 1.54) is 0 Å². The number of aromatic nitrogens is 2. The number of anilines is 3. The lowest BCUT2D eigenvalue weighted by Gasteiger charge is -2.26. The number of hydrazine groups is 1. The van der Waals surface area contributed by atoms with Crippen molar-refractivity contribution in [2.75, 3.05) is 29.2 Å². The van der Waals surface area contributed by atoms with Crippen molar-refractivity contribution in [1.82, 2.24) is 9.97 Å². The summed E-state index contributed by atoms with van der Waals surface area (Å²) in [4.78, 5) is 10.2. The molecule has 6 N–H and O–H groups in total. The summed E-state index contributed by atoms with van der Waals surface area (Å²) in [5.74, 6) is 7.10. The second kappa shape index (κ2) is 4.72. The molecule has 1 aromatic rings. The first-order valence-corrected chi connectivity index (χ1v) is 5.64. The predicted molar refractivity (Wildman–Crippen MR) is 66.3 cm³/mol. The number of aliphatic hydroxyl groups is 1. The van der Waals surface area contributed by atoms with Gasteiger partial charge in [-0.25, -0.2) is 5.84 Å². The Bertz CT molecular complexity index is 398. The summed E-state index contributed by atoms with van der Waals surface area (Å²) >= 11 is 0. The number of nitrogen functional groups attached to an aromatic ring is 2. The number of aliphatic hydroxyl groups excluding tert-OH is 1. The molecular weight excluding hydrogens is 220 g/mol. The standard InChI is InChI=1S/C10H18N6O/c1-6-2-3-16(7(6)5-17)9-4-8(15-12)13-10(11)14-9/h4,6-7,17H,2-3,5,12H2,1H3,(H3,11,13,14,15). The lowest BCUT2D eigenvalue weighted by atomic mass is 10.0. The fraction of sp³-hybridized carbons (Fsp3) is 0.600. The Morgan fingerprint density at radius 1 is 1.59 bits per heavy atom. The van der Waals surface area contributed by atoms with Gasteiger partial charge >= 0.3 is 0 Å². The normalized spacial score (nSPS) is 24.1. The van der Waals surface area contributed by atoms with Crippen molar-refractivity contribution in [3.05, 3.63) is 6.07 Å². The van der Waals surface area contributed by atoms with Crippen LogP contribution < -0.4 is 21.9 Å². The number of nitrogens with one attached hydrogen (secondary N) is 1. The van der Waals surface area contributed by atoms with Gasteiger partial charge in [-0.05, 0) is 12.3 Å². The highest BCUT2D eigenvalue weighted by Crippen LogP contribution is 2.29. The largest absolute Gasteiger partial charge is 0.394 e. The summed E-state index contributed by atoms with van der Waals surface area (Å²) in [5, 5.41) is 9.41. The molecule has 7 nitrogen and oxygen atoms in total. The molecule has 1 aliphatic rings. The summed E-state index contributed by atoms with van der Waals surface area (Å²) < 4.78 is 0. The second-order valence-corrected chi connectivity index (χ2v) is 4.32. The molecule has 17 heavy (non-hydrogen) atoms. The fourth-order valence-electron chi connectivity index (χ4n) is 2.24.